The average Bonchev–Trinajstić information content (AvgIpc) is 3.23. The van der Waals surface area contributed by atoms with E-state index in [9.17, 15) is 19.5 Å². The van der Waals surface area contributed by atoms with Crippen LogP contribution in [0.2, 0.25) is 0 Å². The molecular weight excluding hydrogens is 406 g/mol. The number of phenolic OH excluding ortho intramolecular Hbond substituents is 1. The minimum atomic E-state index is -0.203. The van der Waals surface area contributed by atoms with Crippen LogP contribution >= 0.6 is 11.3 Å². The quantitative estimate of drug-likeness (QED) is 0.300. The standard InChI is InChI=1S/C11H7NO3.C10H6N2O2S/c13-6-1-2-7-8-3-4-10(14)12-11(8)15-9(7)5-6;13-7-3-1-5-6-2-4-8(14)12-10(6)15-9(5)11-7/h1-5,13H,(H,12,14);1-4H,(H,11,13)(H,12,14). The molecule has 5 aromatic heterocycles. The molecule has 6 rings (SSSR count). The number of aromatic amines is 3. The van der Waals surface area contributed by atoms with Crippen molar-refractivity contribution in [2.24, 2.45) is 0 Å². The van der Waals surface area contributed by atoms with Crippen molar-refractivity contribution in [2.75, 3.05) is 0 Å². The molecule has 1 aromatic carbocycles. The number of H-pyrrole nitrogens is 3. The predicted octanol–water partition coefficient (Wildman–Crippen LogP) is 3.41. The number of nitrogens with one attached hydrogen (secondary N) is 3. The van der Waals surface area contributed by atoms with Gasteiger partial charge in [-0.3, -0.25) is 19.4 Å². The first-order valence-corrected chi connectivity index (χ1v) is 9.69. The fourth-order valence-electron chi connectivity index (χ4n) is 3.27. The van der Waals surface area contributed by atoms with E-state index in [1.165, 1.54) is 35.6 Å². The summed E-state index contributed by atoms with van der Waals surface area (Å²) in [7, 11) is 0. The van der Waals surface area contributed by atoms with Crippen LogP contribution in [-0.4, -0.2) is 20.1 Å². The molecule has 0 bridgehead atoms. The van der Waals surface area contributed by atoms with Gasteiger partial charge < -0.3 is 19.5 Å². The Labute approximate surface area is 170 Å². The molecule has 0 radical (unpaired) electrons. The highest BCUT2D eigenvalue weighted by atomic mass is 32.1. The van der Waals surface area contributed by atoms with E-state index in [0.29, 0.717) is 11.3 Å². The highest BCUT2D eigenvalue weighted by Crippen LogP contribution is 2.29. The average molecular weight is 419 g/mol. The minimum absolute atomic E-state index is 0.128. The van der Waals surface area contributed by atoms with Gasteiger partial charge in [0.25, 0.3) is 5.56 Å². The van der Waals surface area contributed by atoms with Gasteiger partial charge >= 0.3 is 0 Å². The molecule has 0 aliphatic carbocycles. The number of aromatic hydroxyl groups is 1. The van der Waals surface area contributed by atoms with E-state index in [1.54, 1.807) is 30.3 Å². The summed E-state index contributed by atoms with van der Waals surface area (Å²) in [5.41, 5.74) is 0.536. The van der Waals surface area contributed by atoms with E-state index < -0.39 is 0 Å². The highest BCUT2D eigenvalue weighted by Gasteiger charge is 2.07. The lowest BCUT2D eigenvalue weighted by atomic mass is 10.2. The lowest BCUT2D eigenvalue weighted by Crippen LogP contribution is -2.00. The second-order valence-corrected chi connectivity index (χ2v) is 7.60. The molecular formula is C21H13N3O5S. The SMILES string of the molecule is O=c1ccc2c([nH]1)oc1cc(O)ccc12.O=c1ccc2c([nH]1)sc1[nH]c(=O)ccc12. The number of aromatic nitrogens is 3. The third kappa shape index (κ3) is 3.07. The van der Waals surface area contributed by atoms with Gasteiger partial charge in [-0.2, -0.15) is 0 Å². The number of fused-ring (bicyclic) bond motifs is 6. The van der Waals surface area contributed by atoms with Crippen LogP contribution in [0.4, 0.5) is 0 Å². The van der Waals surface area contributed by atoms with Crippen molar-refractivity contribution in [1.82, 2.24) is 15.0 Å². The van der Waals surface area contributed by atoms with Crippen LogP contribution in [0, 0.1) is 0 Å². The molecule has 6 aromatic rings. The van der Waals surface area contributed by atoms with Gasteiger partial charge in [-0.15, -0.1) is 0 Å². The van der Waals surface area contributed by atoms with Crippen molar-refractivity contribution < 1.29 is 9.52 Å². The van der Waals surface area contributed by atoms with Crippen LogP contribution in [0.1, 0.15) is 0 Å². The van der Waals surface area contributed by atoms with Gasteiger partial charge in [-0.05, 0) is 30.3 Å². The fraction of sp³-hybridized carbons (Fsp3) is 0. The summed E-state index contributed by atoms with van der Waals surface area (Å²) in [5, 5.41) is 12.9. The summed E-state index contributed by atoms with van der Waals surface area (Å²) < 4.78 is 5.40. The van der Waals surface area contributed by atoms with Gasteiger partial charge in [-0.1, -0.05) is 11.3 Å². The molecule has 148 valence electrons. The molecule has 0 saturated heterocycles. The normalized spacial score (nSPS) is 11.2. The van der Waals surface area contributed by atoms with Crippen molar-refractivity contribution in [2.45, 2.75) is 0 Å². The van der Waals surface area contributed by atoms with Gasteiger partial charge in [0.05, 0.1) is 0 Å². The van der Waals surface area contributed by atoms with Gasteiger partial charge in [0.1, 0.15) is 21.0 Å². The number of hydrogen-bond acceptors (Lipinski definition) is 6. The Morgan fingerprint density at radius 3 is 1.83 bits per heavy atom. The van der Waals surface area contributed by atoms with Gasteiger partial charge in [-0.25, -0.2) is 0 Å². The van der Waals surface area contributed by atoms with Crippen LogP contribution < -0.4 is 16.7 Å². The van der Waals surface area contributed by atoms with Crippen molar-refractivity contribution in [3.05, 3.63) is 85.7 Å². The molecule has 5 heterocycles. The van der Waals surface area contributed by atoms with E-state index >= 15 is 0 Å². The molecule has 0 atom stereocenters. The topological polar surface area (TPSA) is 132 Å². The Morgan fingerprint density at radius 2 is 1.20 bits per heavy atom. The number of benzene rings is 1. The number of hydrogen-bond donors (Lipinski definition) is 4. The summed E-state index contributed by atoms with van der Waals surface area (Å²) in [4.78, 5) is 42.9. The van der Waals surface area contributed by atoms with Gasteiger partial charge in [0, 0.05) is 45.8 Å². The smallest absolute Gasteiger partial charge is 0.250 e. The predicted molar refractivity (Wildman–Crippen MR) is 117 cm³/mol. The van der Waals surface area contributed by atoms with E-state index in [4.69, 9.17) is 4.42 Å². The Kier molecular flexibility index (Phi) is 4.04. The molecule has 0 saturated carbocycles. The van der Waals surface area contributed by atoms with Crippen LogP contribution in [-0.2, 0) is 0 Å². The fourth-order valence-corrected chi connectivity index (χ4v) is 4.36. The second kappa shape index (κ2) is 6.75. The van der Waals surface area contributed by atoms with Crippen molar-refractivity contribution >= 4 is 53.8 Å². The maximum atomic E-state index is 11.1. The van der Waals surface area contributed by atoms with Crippen molar-refractivity contribution in [1.29, 1.82) is 0 Å². The number of phenols is 1. The Hall–Kier alpha value is -4.11. The van der Waals surface area contributed by atoms with E-state index in [1.807, 2.05) is 0 Å². The second-order valence-electron chi connectivity index (χ2n) is 6.58. The summed E-state index contributed by atoms with van der Waals surface area (Å²) in [6.07, 6.45) is 0. The van der Waals surface area contributed by atoms with Crippen LogP contribution in [0.25, 0.3) is 42.5 Å². The van der Waals surface area contributed by atoms with Crippen molar-refractivity contribution in [3.8, 4) is 5.75 Å². The number of furan rings is 1. The first-order valence-electron chi connectivity index (χ1n) is 8.87. The van der Waals surface area contributed by atoms with Crippen LogP contribution in [0.3, 0.4) is 0 Å². The first-order chi connectivity index (χ1) is 14.5. The first kappa shape index (κ1) is 18.0. The summed E-state index contributed by atoms with van der Waals surface area (Å²) in [6, 6.07) is 14.5. The van der Waals surface area contributed by atoms with Gasteiger partial charge in [0.15, 0.2) is 0 Å². The van der Waals surface area contributed by atoms with Gasteiger partial charge in [0.2, 0.25) is 16.8 Å². The maximum Gasteiger partial charge on any atom is 0.250 e. The molecule has 0 amide bonds. The third-order valence-electron chi connectivity index (χ3n) is 4.61. The van der Waals surface area contributed by atoms with E-state index in [2.05, 4.69) is 15.0 Å². The molecule has 8 nitrogen and oxygen atoms in total. The van der Waals surface area contributed by atoms with Crippen molar-refractivity contribution in [3.63, 3.8) is 0 Å². The van der Waals surface area contributed by atoms with E-state index in [-0.39, 0.29) is 22.4 Å². The molecule has 0 fully saturated rings. The summed E-state index contributed by atoms with van der Waals surface area (Å²) in [5.74, 6) is 0.143. The lowest BCUT2D eigenvalue weighted by molar-refractivity contribution is 0.475. The molecule has 0 unspecified atom stereocenters. The highest BCUT2D eigenvalue weighted by molar-refractivity contribution is 7.25. The Balaban J connectivity index is 0.000000128. The number of thiophene rings is 1. The third-order valence-corrected chi connectivity index (χ3v) is 5.66. The molecule has 0 spiro atoms. The number of rotatable bonds is 0. The Bertz CT molecular complexity index is 1670. The zero-order chi connectivity index (χ0) is 20.8. The zero-order valence-electron chi connectivity index (χ0n) is 15.2. The maximum absolute atomic E-state index is 11.1. The summed E-state index contributed by atoms with van der Waals surface area (Å²) in [6.45, 7) is 0. The lowest BCUT2D eigenvalue weighted by Gasteiger charge is -1.89. The van der Waals surface area contributed by atoms with Crippen LogP contribution in [0.15, 0.2) is 73.4 Å². The van der Waals surface area contributed by atoms with Crippen LogP contribution in [0.5, 0.6) is 5.75 Å². The monoisotopic (exact) mass is 419 g/mol. The minimum Gasteiger partial charge on any atom is -0.508 e. The molecule has 0 aliphatic rings. The molecule has 9 heteroatoms. The molecule has 0 aliphatic heterocycles. The number of pyridine rings is 3. The van der Waals surface area contributed by atoms with E-state index in [0.717, 1.165) is 31.2 Å². The zero-order valence-corrected chi connectivity index (χ0v) is 16.0. The molecule has 4 N–H and O–H groups in total. The summed E-state index contributed by atoms with van der Waals surface area (Å²) >= 11 is 1.38. The Morgan fingerprint density at radius 1 is 0.667 bits per heavy atom. The molecule has 30 heavy (non-hydrogen) atoms. The largest absolute Gasteiger partial charge is 0.508 e.